The Morgan fingerprint density at radius 1 is 1.00 bits per heavy atom. The average Bonchev–Trinajstić information content (AvgIpc) is 3.54. The molecule has 4 aromatic rings. The van der Waals surface area contributed by atoms with Crippen LogP contribution in [0.4, 0.5) is 0 Å². The molecule has 0 unspecified atom stereocenters. The van der Waals surface area contributed by atoms with Crippen LogP contribution in [0.15, 0.2) is 46.2 Å². The van der Waals surface area contributed by atoms with Gasteiger partial charge in [-0.3, -0.25) is 0 Å². The molecule has 2 aromatic heterocycles. The maximum absolute atomic E-state index is 12.5. The number of thiazole rings is 1. The van der Waals surface area contributed by atoms with Crippen molar-refractivity contribution >= 4 is 17.3 Å². The van der Waals surface area contributed by atoms with Crippen LogP contribution in [0.3, 0.4) is 0 Å². The highest BCUT2D eigenvalue weighted by Crippen LogP contribution is 2.40. The van der Waals surface area contributed by atoms with Crippen LogP contribution in [0.1, 0.15) is 27.0 Å². The molecule has 0 aliphatic heterocycles. The summed E-state index contributed by atoms with van der Waals surface area (Å²) in [4.78, 5) is 16.9. The van der Waals surface area contributed by atoms with E-state index in [0.717, 1.165) is 10.7 Å². The molecule has 0 spiro atoms. The van der Waals surface area contributed by atoms with E-state index in [2.05, 4.69) is 15.2 Å². The lowest BCUT2D eigenvalue weighted by molar-refractivity contribution is 0.0438. The lowest BCUT2D eigenvalue weighted by atomic mass is 10.2. The molecule has 182 valence electrons. The van der Waals surface area contributed by atoms with Crippen molar-refractivity contribution < 1.29 is 32.9 Å². The maximum Gasteiger partial charge on any atom is 0.338 e. The van der Waals surface area contributed by atoms with Gasteiger partial charge in [-0.25, -0.2) is 9.78 Å². The second-order valence-electron chi connectivity index (χ2n) is 7.17. The fraction of sp³-hybridized carbons (Fsp3) is 0.250. The Morgan fingerprint density at radius 3 is 2.43 bits per heavy atom. The van der Waals surface area contributed by atoms with E-state index in [4.69, 9.17) is 28.1 Å². The van der Waals surface area contributed by atoms with E-state index < -0.39 is 5.97 Å². The van der Waals surface area contributed by atoms with Crippen molar-refractivity contribution in [1.29, 1.82) is 0 Å². The van der Waals surface area contributed by atoms with Crippen molar-refractivity contribution in [3.63, 3.8) is 0 Å². The van der Waals surface area contributed by atoms with Crippen molar-refractivity contribution in [3.05, 3.63) is 63.9 Å². The fourth-order valence-electron chi connectivity index (χ4n) is 3.19. The lowest BCUT2D eigenvalue weighted by Crippen LogP contribution is -2.06. The van der Waals surface area contributed by atoms with Crippen LogP contribution >= 0.6 is 11.3 Å². The van der Waals surface area contributed by atoms with Gasteiger partial charge in [0.15, 0.2) is 18.1 Å². The first kappa shape index (κ1) is 24.0. The zero-order valence-corrected chi connectivity index (χ0v) is 20.4. The molecule has 0 radical (unpaired) electrons. The van der Waals surface area contributed by atoms with Gasteiger partial charge in [-0.2, -0.15) is 0 Å². The molecule has 0 aliphatic carbocycles. The summed E-state index contributed by atoms with van der Waals surface area (Å²) in [6.07, 6.45) is 0. The van der Waals surface area contributed by atoms with Crippen LogP contribution in [0.25, 0.3) is 11.5 Å². The zero-order valence-electron chi connectivity index (χ0n) is 19.6. The zero-order chi connectivity index (χ0) is 24.8. The number of hydrogen-bond acceptors (Lipinski definition) is 11. The third-order valence-corrected chi connectivity index (χ3v) is 5.65. The van der Waals surface area contributed by atoms with Crippen LogP contribution in [0.2, 0.25) is 0 Å². The smallest absolute Gasteiger partial charge is 0.338 e. The molecule has 2 heterocycles. The van der Waals surface area contributed by atoms with E-state index in [1.165, 1.54) is 21.3 Å². The minimum Gasteiger partial charge on any atom is -0.493 e. The highest BCUT2D eigenvalue weighted by molar-refractivity contribution is 7.09. The Labute approximate surface area is 205 Å². The number of nitrogens with zero attached hydrogens (tertiary/aromatic N) is 3. The second-order valence-corrected chi connectivity index (χ2v) is 8.23. The Morgan fingerprint density at radius 2 is 1.77 bits per heavy atom. The number of methoxy groups -OCH3 is 3. The Kier molecular flexibility index (Phi) is 7.46. The van der Waals surface area contributed by atoms with E-state index >= 15 is 0 Å². The van der Waals surface area contributed by atoms with Crippen LogP contribution in [0, 0.1) is 6.92 Å². The van der Waals surface area contributed by atoms with Crippen molar-refractivity contribution in [2.24, 2.45) is 0 Å². The molecule has 4 rings (SSSR count). The second kappa shape index (κ2) is 10.9. The van der Waals surface area contributed by atoms with Gasteiger partial charge in [0.2, 0.25) is 11.6 Å². The standard InChI is InChI=1S/C24H23N3O7S/c1-14-25-17(13-35-14)11-32-18-7-5-6-15(8-18)24(28)33-12-21-26-27-23(34-21)16-9-19(29-2)22(31-4)20(10-16)30-3/h5-10,13H,11-12H2,1-4H3. The lowest BCUT2D eigenvalue weighted by Gasteiger charge is -2.12. The average molecular weight is 498 g/mol. The highest BCUT2D eigenvalue weighted by atomic mass is 32.1. The first-order valence-electron chi connectivity index (χ1n) is 10.4. The molecule has 0 N–H and O–H groups in total. The van der Waals surface area contributed by atoms with Gasteiger partial charge in [0.05, 0.1) is 37.6 Å². The van der Waals surface area contributed by atoms with Crippen LogP contribution in [-0.2, 0) is 18.0 Å². The van der Waals surface area contributed by atoms with E-state index in [1.54, 1.807) is 47.7 Å². The number of benzene rings is 2. The molecule has 0 atom stereocenters. The highest BCUT2D eigenvalue weighted by Gasteiger charge is 2.18. The summed E-state index contributed by atoms with van der Waals surface area (Å²) in [5.74, 6) is 1.66. The number of esters is 1. The largest absolute Gasteiger partial charge is 0.493 e. The van der Waals surface area contributed by atoms with Crippen molar-refractivity contribution in [2.45, 2.75) is 20.1 Å². The van der Waals surface area contributed by atoms with Crippen LogP contribution in [0.5, 0.6) is 23.0 Å². The fourth-order valence-corrected chi connectivity index (χ4v) is 3.79. The van der Waals surface area contributed by atoms with Gasteiger partial charge in [0, 0.05) is 10.9 Å². The Bertz CT molecular complexity index is 1290. The minimum atomic E-state index is -0.549. The summed E-state index contributed by atoms with van der Waals surface area (Å²) in [5, 5.41) is 10.9. The molecule has 35 heavy (non-hydrogen) atoms. The molecule has 0 saturated carbocycles. The molecule has 0 aliphatic rings. The number of carbonyl (C=O) groups excluding carboxylic acids is 1. The molecule has 0 fully saturated rings. The topological polar surface area (TPSA) is 115 Å². The van der Waals surface area contributed by atoms with Gasteiger partial charge >= 0.3 is 5.97 Å². The molecular formula is C24H23N3O7S. The van der Waals surface area contributed by atoms with Gasteiger partial charge < -0.3 is 28.1 Å². The third kappa shape index (κ3) is 5.69. The van der Waals surface area contributed by atoms with Gasteiger partial charge in [-0.15, -0.1) is 21.5 Å². The van der Waals surface area contributed by atoms with Gasteiger partial charge in [0.1, 0.15) is 12.4 Å². The first-order chi connectivity index (χ1) is 17.0. The molecule has 0 amide bonds. The summed E-state index contributed by atoms with van der Waals surface area (Å²) in [7, 11) is 4.54. The molecular weight excluding hydrogens is 474 g/mol. The molecule has 11 heteroatoms. The number of rotatable bonds is 10. The summed E-state index contributed by atoms with van der Waals surface area (Å²) in [6.45, 7) is 2.05. The van der Waals surface area contributed by atoms with Crippen molar-refractivity contribution in [2.75, 3.05) is 21.3 Å². The summed E-state index contributed by atoms with van der Waals surface area (Å²) in [5.41, 5.74) is 1.73. The Hall–Kier alpha value is -4.12. The normalized spacial score (nSPS) is 10.6. The molecule has 0 saturated heterocycles. The van der Waals surface area contributed by atoms with Gasteiger partial charge in [-0.05, 0) is 37.3 Å². The number of carbonyl (C=O) groups is 1. The van der Waals surface area contributed by atoms with Crippen molar-refractivity contribution in [1.82, 2.24) is 15.2 Å². The Balaban J connectivity index is 1.40. The van der Waals surface area contributed by atoms with Gasteiger partial charge in [0.25, 0.3) is 5.89 Å². The SMILES string of the molecule is COc1cc(-c2nnc(COC(=O)c3cccc(OCc4csc(C)n4)c3)o2)cc(OC)c1OC. The third-order valence-electron chi connectivity index (χ3n) is 4.83. The van der Waals surface area contributed by atoms with E-state index in [-0.39, 0.29) is 18.4 Å². The van der Waals surface area contributed by atoms with E-state index in [1.807, 2.05) is 12.3 Å². The number of hydrogen-bond donors (Lipinski definition) is 0. The van der Waals surface area contributed by atoms with Crippen molar-refractivity contribution in [3.8, 4) is 34.5 Å². The predicted octanol–water partition coefficient (Wildman–Crippen LogP) is 4.46. The predicted molar refractivity (Wildman–Crippen MR) is 126 cm³/mol. The first-order valence-corrected chi connectivity index (χ1v) is 11.3. The maximum atomic E-state index is 12.5. The van der Waals surface area contributed by atoms with E-state index in [9.17, 15) is 4.79 Å². The quantitative estimate of drug-likeness (QED) is 0.291. The molecule has 2 aromatic carbocycles. The number of ether oxygens (including phenoxy) is 5. The molecule has 0 bridgehead atoms. The summed E-state index contributed by atoms with van der Waals surface area (Å²) >= 11 is 1.55. The molecule has 10 nitrogen and oxygen atoms in total. The van der Waals surface area contributed by atoms with E-state index in [0.29, 0.717) is 40.7 Å². The summed E-state index contributed by atoms with van der Waals surface area (Å²) < 4.78 is 32.8. The van der Waals surface area contributed by atoms with Crippen LogP contribution < -0.4 is 18.9 Å². The minimum absolute atomic E-state index is 0.133. The number of aromatic nitrogens is 3. The monoisotopic (exact) mass is 497 g/mol. The summed E-state index contributed by atoms with van der Waals surface area (Å²) in [6, 6.07) is 10.1. The van der Waals surface area contributed by atoms with Gasteiger partial charge in [-0.1, -0.05) is 6.07 Å². The number of aryl methyl sites for hydroxylation is 1. The van der Waals surface area contributed by atoms with Crippen LogP contribution in [-0.4, -0.2) is 42.5 Å².